The third kappa shape index (κ3) is 6.74. The van der Waals surface area contributed by atoms with Gasteiger partial charge in [-0.05, 0) is 78.4 Å². The number of rotatable bonds is 4. The summed E-state index contributed by atoms with van der Waals surface area (Å²) in [6.45, 7) is 6.28. The topological polar surface area (TPSA) is 25.8 Å². The largest absolute Gasteiger partial charge is 0.256 e. The Morgan fingerprint density at radius 1 is 0.571 bits per heavy atom. The molecule has 0 atom stereocenters. The Morgan fingerprint density at radius 3 is 1.63 bits per heavy atom. The first-order chi connectivity index (χ1) is 17.0. The molecule has 3 heteroatoms. The third-order valence-electron chi connectivity index (χ3n) is 5.77. The molecule has 0 bridgehead atoms. The van der Waals surface area contributed by atoms with E-state index in [0.29, 0.717) is 0 Å². The van der Waals surface area contributed by atoms with E-state index in [1.807, 2.05) is 37.5 Å². The van der Waals surface area contributed by atoms with E-state index in [0.717, 1.165) is 33.4 Å². The minimum Gasteiger partial charge on any atom is -0.256 e. The number of pyridine rings is 2. The van der Waals surface area contributed by atoms with Crippen molar-refractivity contribution in [1.82, 2.24) is 9.97 Å². The van der Waals surface area contributed by atoms with E-state index >= 15 is 0 Å². The SMILES string of the molecule is CCc1cccc(-c2cccc(-c3ccc(C)cn3)c2)c1.Cc1ccc(-c2cccc(Br)c2)nc1. The summed E-state index contributed by atoms with van der Waals surface area (Å²) < 4.78 is 1.08. The summed E-state index contributed by atoms with van der Waals surface area (Å²) >= 11 is 3.45. The molecule has 0 aliphatic carbocycles. The van der Waals surface area contributed by atoms with Crippen LogP contribution >= 0.6 is 15.9 Å². The van der Waals surface area contributed by atoms with Gasteiger partial charge in [-0.25, -0.2) is 0 Å². The second kappa shape index (κ2) is 11.7. The summed E-state index contributed by atoms with van der Waals surface area (Å²) in [7, 11) is 0. The number of hydrogen-bond donors (Lipinski definition) is 0. The zero-order chi connectivity index (χ0) is 24.6. The van der Waals surface area contributed by atoms with Crippen LogP contribution in [-0.4, -0.2) is 9.97 Å². The lowest BCUT2D eigenvalue weighted by Gasteiger charge is -2.07. The van der Waals surface area contributed by atoms with Crippen LogP contribution in [-0.2, 0) is 6.42 Å². The maximum absolute atomic E-state index is 4.52. The average molecular weight is 522 g/mol. The van der Waals surface area contributed by atoms with Gasteiger partial charge in [-0.15, -0.1) is 0 Å². The standard InChI is InChI=1S/C20H19N.C12H10BrN/c1-3-16-6-4-7-17(12-16)18-8-5-9-19(13-18)20-11-10-15(2)14-21-20;1-9-5-6-12(14-8-9)10-3-2-4-11(13)7-10/h4-14H,3H2,1-2H3;2-8H,1H3. The maximum atomic E-state index is 4.52. The fraction of sp³-hybridized carbons (Fsp3) is 0.125. The average Bonchev–Trinajstić information content (AvgIpc) is 2.90. The zero-order valence-electron chi connectivity index (χ0n) is 20.4. The van der Waals surface area contributed by atoms with Gasteiger partial charge < -0.3 is 0 Å². The van der Waals surface area contributed by atoms with Gasteiger partial charge in [0, 0.05) is 28.0 Å². The number of halogens is 1. The van der Waals surface area contributed by atoms with Crippen LogP contribution in [0.5, 0.6) is 0 Å². The first-order valence-corrected chi connectivity index (χ1v) is 12.6. The Balaban J connectivity index is 0.000000179. The van der Waals surface area contributed by atoms with Crippen LogP contribution in [0, 0.1) is 13.8 Å². The highest BCUT2D eigenvalue weighted by Crippen LogP contribution is 2.26. The Morgan fingerprint density at radius 2 is 1.09 bits per heavy atom. The Kier molecular flexibility index (Phi) is 8.23. The minimum absolute atomic E-state index is 1.01. The number of benzene rings is 3. The van der Waals surface area contributed by atoms with Gasteiger partial charge in [-0.3, -0.25) is 9.97 Å². The lowest BCUT2D eigenvalue weighted by Crippen LogP contribution is -1.86. The van der Waals surface area contributed by atoms with Gasteiger partial charge in [0.1, 0.15) is 0 Å². The van der Waals surface area contributed by atoms with Crippen molar-refractivity contribution in [3.63, 3.8) is 0 Å². The highest BCUT2D eigenvalue weighted by molar-refractivity contribution is 9.10. The molecule has 2 nitrogen and oxygen atoms in total. The molecular weight excluding hydrogens is 492 g/mol. The number of hydrogen-bond acceptors (Lipinski definition) is 2. The Bertz CT molecular complexity index is 1390. The van der Waals surface area contributed by atoms with Crippen molar-refractivity contribution in [2.45, 2.75) is 27.2 Å². The number of aryl methyl sites for hydroxylation is 3. The zero-order valence-corrected chi connectivity index (χ0v) is 22.0. The molecule has 0 N–H and O–H groups in total. The van der Waals surface area contributed by atoms with Crippen molar-refractivity contribution in [2.24, 2.45) is 0 Å². The monoisotopic (exact) mass is 520 g/mol. The van der Waals surface area contributed by atoms with Crippen LogP contribution in [0.4, 0.5) is 0 Å². The minimum atomic E-state index is 1.01. The first-order valence-electron chi connectivity index (χ1n) is 11.8. The molecule has 0 aliphatic rings. The smallest absolute Gasteiger partial charge is 0.0702 e. The van der Waals surface area contributed by atoms with E-state index in [1.165, 1.54) is 27.8 Å². The molecule has 0 aliphatic heterocycles. The van der Waals surface area contributed by atoms with Gasteiger partial charge in [-0.1, -0.05) is 89.6 Å². The van der Waals surface area contributed by atoms with E-state index < -0.39 is 0 Å². The van der Waals surface area contributed by atoms with Crippen LogP contribution in [0.3, 0.4) is 0 Å². The van der Waals surface area contributed by atoms with Crippen LogP contribution in [0.1, 0.15) is 23.6 Å². The molecule has 174 valence electrons. The van der Waals surface area contributed by atoms with E-state index in [9.17, 15) is 0 Å². The maximum Gasteiger partial charge on any atom is 0.0702 e. The van der Waals surface area contributed by atoms with Gasteiger partial charge in [0.25, 0.3) is 0 Å². The summed E-state index contributed by atoms with van der Waals surface area (Å²) in [6.07, 6.45) is 4.86. The Labute approximate surface area is 216 Å². The summed E-state index contributed by atoms with van der Waals surface area (Å²) in [6, 6.07) is 33.8. The van der Waals surface area contributed by atoms with Gasteiger partial charge in [0.2, 0.25) is 0 Å². The molecule has 0 radical (unpaired) electrons. The first kappa shape index (κ1) is 24.6. The van der Waals surface area contributed by atoms with Crippen molar-refractivity contribution in [1.29, 1.82) is 0 Å². The fourth-order valence-corrected chi connectivity index (χ4v) is 4.15. The van der Waals surface area contributed by atoms with Crippen molar-refractivity contribution in [2.75, 3.05) is 0 Å². The summed E-state index contributed by atoms with van der Waals surface area (Å²) in [4.78, 5) is 8.89. The predicted octanol–water partition coefficient (Wildman–Crippen LogP) is 9.11. The molecule has 2 heterocycles. The molecular formula is C32H29BrN2. The molecule has 2 aromatic heterocycles. The summed E-state index contributed by atoms with van der Waals surface area (Å²) in [5, 5.41) is 0. The van der Waals surface area contributed by atoms with Crippen molar-refractivity contribution in [3.8, 4) is 33.6 Å². The number of aromatic nitrogens is 2. The molecule has 0 unspecified atom stereocenters. The van der Waals surface area contributed by atoms with E-state index in [1.54, 1.807) is 0 Å². The molecule has 0 saturated carbocycles. The van der Waals surface area contributed by atoms with Gasteiger partial charge in [0.15, 0.2) is 0 Å². The molecule has 0 spiro atoms. The highest BCUT2D eigenvalue weighted by Gasteiger charge is 2.03. The van der Waals surface area contributed by atoms with Gasteiger partial charge in [-0.2, -0.15) is 0 Å². The molecule has 5 aromatic rings. The highest BCUT2D eigenvalue weighted by atomic mass is 79.9. The lowest BCUT2D eigenvalue weighted by molar-refractivity contribution is 1.14. The molecule has 0 fully saturated rings. The van der Waals surface area contributed by atoms with Crippen LogP contribution in [0.2, 0.25) is 0 Å². The number of nitrogens with zero attached hydrogens (tertiary/aromatic N) is 2. The van der Waals surface area contributed by atoms with Crippen molar-refractivity contribution in [3.05, 3.63) is 131 Å². The van der Waals surface area contributed by atoms with Crippen molar-refractivity contribution >= 4 is 15.9 Å². The van der Waals surface area contributed by atoms with E-state index in [2.05, 4.69) is 119 Å². The molecule has 35 heavy (non-hydrogen) atoms. The normalized spacial score (nSPS) is 10.4. The van der Waals surface area contributed by atoms with Crippen molar-refractivity contribution < 1.29 is 0 Å². The van der Waals surface area contributed by atoms with E-state index in [-0.39, 0.29) is 0 Å². The van der Waals surface area contributed by atoms with Crippen LogP contribution in [0.25, 0.3) is 33.6 Å². The summed E-state index contributed by atoms with van der Waals surface area (Å²) in [5.41, 5.74) is 10.6. The predicted molar refractivity (Wildman–Crippen MR) is 151 cm³/mol. The molecule has 0 saturated heterocycles. The third-order valence-corrected chi connectivity index (χ3v) is 6.26. The van der Waals surface area contributed by atoms with Gasteiger partial charge >= 0.3 is 0 Å². The molecule has 5 rings (SSSR count). The quantitative estimate of drug-likeness (QED) is 0.236. The molecule has 3 aromatic carbocycles. The lowest BCUT2D eigenvalue weighted by atomic mass is 9.99. The molecule has 0 amide bonds. The second-order valence-corrected chi connectivity index (χ2v) is 9.50. The second-order valence-electron chi connectivity index (χ2n) is 8.59. The van der Waals surface area contributed by atoms with Gasteiger partial charge in [0.05, 0.1) is 11.4 Å². The van der Waals surface area contributed by atoms with Crippen LogP contribution < -0.4 is 0 Å². The Hall–Kier alpha value is -3.56. The van der Waals surface area contributed by atoms with Crippen LogP contribution in [0.15, 0.2) is 114 Å². The fourth-order valence-electron chi connectivity index (χ4n) is 3.75. The van der Waals surface area contributed by atoms with E-state index in [4.69, 9.17) is 0 Å². The summed E-state index contributed by atoms with van der Waals surface area (Å²) in [5.74, 6) is 0.